The number of aliphatic hydroxyl groups is 1. The van der Waals surface area contributed by atoms with Crippen LogP contribution in [0.4, 0.5) is 0 Å². The summed E-state index contributed by atoms with van der Waals surface area (Å²) in [5.41, 5.74) is 0. The van der Waals surface area contributed by atoms with E-state index in [2.05, 4.69) is 37.9 Å². The van der Waals surface area contributed by atoms with Gasteiger partial charge in [-0.3, -0.25) is 0 Å². The van der Waals surface area contributed by atoms with Crippen molar-refractivity contribution in [2.24, 2.45) is 0 Å². The van der Waals surface area contributed by atoms with E-state index in [4.69, 9.17) is 9.47 Å². The van der Waals surface area contributed by atoms with Crippen molar-refractivity contribution < 1.29 is 14.6 Å². The molecule has 0 aliphatic heterocycles. The largest absolute Gasteiger partial charge is 0.388 e. The maximum absolute atomic E-state index is 9.76. The molecule has 0 aliphatic carbocycles. The summed E-state index contributed by atoms with van der Waals surface area (Å²) in [6.07, 6.45) is -0.103. The fourth-order valence-corrected chi connectivity index (χ4v) is 1.58. The lowest BCUT2D eigenvalue weighted by Gasteiger charge is -2.22. The maximum Gasteiger partial charge on any atom is 0.103 e. The number of rotatable bonds is 10. The van der Waals surface area contributed by atoms with Crippen LogP contribution in [0.3, 0.4) is 0 Å². The Kier molecular flexibility index (Phi) is 12.1. The van der Waals surface area contributed by atoms with Crippen LogP contribution in [0.5, 0.6) is 0 Å². The molecule has 0 aromatic rings. The first kappa shape index (κ1) is 15.9. The van der Waals surface area contributed by atoms with Crippen LogP contribution in [0.25, 0.3) is 0 Å². The normalized spacial score (nSPS) is 15.2. The van der Waals surface area contributed by atoms with Gasteiger partial charge in [-0.2, -0.15) is 37.9 Å². The van der Waals surface area contributed by atoms with Crippen LogP contribution in [-0.4, -0.2) is 54.4 Å². The minimum absolute atomic E-state index is 0.213. The summed E-state index contributed by atoms with van der Waals surface area (Å²) in [5, 5.41) is 9.76. The van der Waals surface area contributed by atoms with E-state index in [0.29, 0.717) is 36.9 Å². The molecule has 0 aromatic carbocycles. The summed E-state index contributed by atoms with van der Waals surface area (Å²) < 4.78 is 10.7. The highest BCUT2D eigenvalue weighted by molar-refractivity contribution is 7.80. The lowest BCUT2D eigenvalue weighted by molar-refractivity contribution is -0.0668. The molecule has 0 aliphatic rings. The monoisotopic (exact) mass is 272 g/mol. The molecule has 92 valence electrons. The Labute approximate surface area is 108 Å². The zero-order valence-corrected chi connectivity index (χ0v) is 11.4. The van der Waals surface area contributed by atoms with Gasteiger partial charge in [-0.25, -0.2) is 0 Å². The van der Waals surface area contributed by atoms with Gasteiger partial charge in [-0.05, 0) is 12.2 Å². The van der Waals surface area contributed by atoms with E-state index in [0.717, 1.165) is 0 Å². The fraction of sp³-hybridized carbons (Fsp3) is 1.00. The average molecular weight is 272 g/mol. The summed E-state index contributed by atoms with van der Waals surface area (Å²) in [5.74, 6) is 1.98. The van der Waals surface area contributed by atoms with Crippen LogP contribution in [-0.2, 0) is 9.47 Å². The predicted molar refractivity (Wildman–Crippen MR) is 72.7 cm³/mol. The summed E-state index contributed by atoms with van der Waals surface area (Å²) in [6.45, 7) is 1.36. The van der Waals surface area contributed by atoms with Crippen molar-refractivity contribution >= 4 is 37.9 Å². The molecular weight excluding hydrogens is 252 g/mol. The first-order valence-corrected chi connectivity index (χ1v) is 6.86. The second kappa shape index (κ2) is 11.4. The molecule has 3 nitrogen and oxygen atoms in total. The van der Waals surface area contributed by atoms with E-state index in [1.165, 1.54) is 0 Å². The molecule has 0 bridgehead atoms. The smallest absolute Gasteiger partial charge is 0.103 e. The Morgan fingerprint density at radius 3 is 2.20 bits per heavy atom. The first-order valence-electron chi connectivity index (χ1n) is 4.96. The maximum atomic E-state index is 9.76. The molecule has 0 heterocycles. The minimum atomic E-state index is -0.600. The fourth-order valence-electron chi connectivity index (χ4n) is 1.09. The standard InChI is InChI=1S/C9H20O3S3/c10-8(7-11-2-5-14)9(1-4-13)12-3-6-15/h8-10,13-15H,1-7H2. The van der Waals surface area contributed by atoms with Crippen LogP contribution in [0.15, 0.2) is 0 Å². The van der Waals surface area contributed by atoms with E-state index in [-0.39, 0.29) is 12.7 Å². The van der Waals surface area contributed by atoms with E-state index in [1.807, 2.05) is 0 Å². The molecule has 0 spiro atoms. The number of ether oxygens (including phenoxy) is 2. The van der Waals surface area contributed by atoms with Gasteiger partial charge in [0, 0.05) is 11.5 Å². The van der Waals surface area contributed by atoms with Gasteiger partial charge in [0.2, 0.25) is 0 Å². The van der Waals surface area contributed by atoms with Gasteiger partial charge in [-0.15, -0.1) is 0 Å². The zero-order chi connectivity index (χ0) is 11.5. The van der Waals surface area contributed by atoms with Crippen molar-refractivity contribution in [2.75, 3.05) is 37.1 Å². The minimum Gasteiger partial charge on any atom is -0.388 e. The van der Waals surface area contributed by atoms with E-state index >= 15 is 0 Å². The highest BCUT2D eigenvalue weighted by atomic mass is 32.1. The quantitative estimate of drug-likeness (QED) is 0.353. The van der Waals surface area contributed by atoms with Gasteiger partial charge < -0.3 is 14.6 Å². The summed E-state index contributed by atoms with van der Waals surface area (Å²) in [7, 11) is 0. The van der Waals surface area contributed by atoms with E-state index in [9.17, 15) is 5.11 Å². The van der Waals surface area contributed by atoms with Crippen molar-refractivity contribution in [3.05, 3.63) is 0 Å². The molecule has 0 fully saturated rings. The van der Waals surface area contributed by atoms with Gasteiger partial charge in [0.25, 0.3) is 0 Å². The number of hydrogen-bond donors (Lipinski definition) is 4. The van der Waals surface area contributed by atoms with Crippen molar-refractivity contribution in [3.8, 4) is 0 Å². The number of hydrogen-bond acceptors (Lipinski definition) is 6. The lowest BCUT2D eigenvalue weighted by atomic mass is 10.1. The Morgan fingerprint density at radius 2 is 1.67 bits per heavy atom. The van der Waals surface area contributed by atoms with E-state index in [1.54, 1.807) is 0 Å². The Morgan fingerprint density at radius 1 is 1.00 bits per heavy atom. The van der Waals surface area contributed by atoms with Crippen LogP contribution in [0.2, 0.25) is 0 Å². The van der Waals surface area contributed by atoms with Crippen LogP contribution in [0, 0.1) is 0 Å². The molecule has 2 atom stereocenters. The summed E-state index contributed by atoms with van der Waals surface area (Å²) in [4.78, 5) is 0. The second-order valence-corrected chi connectivity index (χ2v) is 4.35. The van der Waals surface area contributed by atoms with Gasteiger partial charge in [-0.1, -0.05) is 0 Å². The van der Waals surface area contributed by atoms with E-state index < -0.39 is 6.10 Å². The molecule has 0 radical (unpaired) electrons. The molecule has 0 rings (SSSR count). The topological polar surface area (TPSA) is 38.7 Å². The van der Waals surface area contributed by atoms with Crippen molar-refractivity contribution in [2.45, 2.75) is 18.6 Å². The van der Waals surface area contributed by atoms with Crippen LogP contribution < -0.4 is 0 Å². The molecule has 0 saturated carbocycles. The number of thiol groups is 3. The predicted octanol–water partition coefficient (Wildman–Crippen LogP) is 0.929. The van der Waals surface area contributed by atoms with Gasteiger partial charge >= 0.3 is 0 Å². The van der Waals surface area contributed by atoms with Crippen LogP contribution >= 0.6 is 37.9 Å². The molecule has 1 N–H and O–H groups in total. The Bertz CT molecular complexity index is 138. The average Bonchev–Trinajstić information content (AvgIpc) is 2.24. The third-order valence-corrected chi connectivity index (χ3v) is 2.41. The van der Waals surface area contributed by atoms with Gasteiger partial charge in [0.15, 0.2) is 0 Å². The molecule has 2 unspecified atom stereocenters. The third-order valence-electron chi connectivity index (χ3n) is 1.79. The molecule has 0 saturated heterocycles. The summed E-state index contributed by atoms with van der Waals surface area (Å²) in [6, 6.07) is 0. The Balaban J connectivity index is 3.75. The first-order chi connectivity index (χ1) is 7.26. The molecule has 0 amide bonds. The zero-order valence-electron chi connectivity index (χ0n) is 8.71. The van der Waals surface area contributed by atoms with Crippen molar-refractivity contribution in [1.29, 1.82) is 0 Å². The van der Waals surface area contributed by atoms with Crippen molar-refractivity contribution in [1.82, 2.24) is 0 Å². The van der Waals surface area contributed by atoms with Crippen molar-refractivity contribution in [3.63, 3.8) is 0 Å². The highest BCUT2D eigenvalue weighted by Gasteiger charge is 2.18. The highest BCUT2D eigenvalue weighted by Crippen LogP contribution is 2.07. The molecular formula is C9H20O3S3. The summed E-state index contributed by atoms with van der Waals surface area (Å²) >= 11 is 12.2. The van der Waals surface area contributed by atoms with Crippen LogP contribution in [0.1, 0.15) is 6.42 Å². The van der Waals surface area contributed by atoms with Gasteiger partial charge in [0.1, 0.15) is 6.10 Å². The SMILES string of the molecule is OC(COCCS)C(CCS)OCCS. The molecule has 6 heteroatoms. The molecule has 15 heavy (non-hydrogen) atoms. The number of aliphatic hydroxyl groups excluding tert-OH is 1. The Hall–Kier alpha value is 0.930. The second-order valence-electron chi connectivity index (χ2n) is 3.01. The third kappa shape index (κ3) is 8.71. The lowest BCUT2D eigenvalue weighted by Crippen LogP contribution is -2.34. The molecule has 0 aromatic heterocycles. The van der Waals surface area contributed by atoms with Gasteiger partial charge in [0.05, 0.1) is 25.9 Å².